The van der Waals surface area contributed by atoms with Crippen molar-refractivity contribution >= 4 is 17.1 Å². The number of carbonyl (C=O) groups is 1. The van der Waals surface area contributed by atoms with Crippen LogP contribution >= 0.6 is 0 Å². The summed E-state index contributed by atoms with van der Waals surface area (Å²) >= 11 is 0. The molecule has 11 heteroatoms. The minimum absolute atomic E-state index is 0.149. The maximum Gasteiger partial charge on any atom is 0.279 e. The van der Waals surface area contributed by atoms with Gasteiger partial charge in [-0.25, -0.2) is 9.97 Å². The summed E-state index contributed by atoms with van der Waals surface area (Å²) in [5.74, 6) is -0.904. The zero-order valence-electron chi connectivity index (χ0n) is 16.5. The number of hydrogen-bond acceptors (Lipinski definition) is 8. The number of pyridine rings is 1. The highest BCUT2D eigenvalue weighted by Crippen LogP contribution is 2.43. The number of carbonyl (C=O) groups excluding carboxylic acids is 1. The van der Waals surface area contributed by atoms with Gasteiger partial charge in [0.1, 0.15) is 17.9 Å². The fourth-order valence-corrected chi connectivity index (χ4v) is 3.89. The Hall–Kier alpha value is -3.15. The first kappa shape index (κ1) is 18.9. The van der Waals surface area contributed by atoms with E-state index in [1.165, 1.54) is 13.4 Å². The van der Waals surface area contributed by atoms with E-state index in [2.05, 4.69) is 25.3 Å². The van der Waals surface area contributed by atoms with E-state index in [1.807, 2.05) is 0 Å². The lowest BCUT2D eigenvalue weighted by Gasteiger charge is -2.24. The largest absolute Gasteiger partial charge is 0.357 e. The van der Waals surface area contributed by atoms with Crippen molar-refractivity contribution in [1.82, 2.24) is 29.8 Å². The number of likely N-dealkylation sites (N-methyl/N-ethyl adjacent to an activating group) is 1. The fraction of sp³-hybridized carbons (Fsp3) is 0.421. The quantitative estimate of drug-likeness (QED) is 0.629. The van der Waals surface area contributed by atoms with E-state index in [4.69, 9.17) is 14.2 Å². The molecule has 11 nitrogen and oxygen atoms in total. The molecule has 0 saturated carbocycles. The van der Waals surface area contributed by atoms with Gasteiger partial charge in [0.15, 0.2) is 35.1 Å². The van der Waals surface area contributed by atoms with E-state index in [1.54, 1.807) is 42.8 Å². The number of nitrogens with zero attached hydrogens (tertiary/aromatic N) is 4. The Morgan fingerprint density at radius 3 is 2.77 bits per heavy atom. The second-order valence-electron chi connectivity index (χ2n) is 7.58. The molecule has 2 saturated heterocycles. The van der Waals surface area contributed by atoms with Crippen LogP contribution < -0.4 is 10.9 Å². The van der Waals surface area contributed by atoms with Crippen molar-refractivity contribution in [3.63, 3.8) is 0 Å². The van der Waals surface area contributed by atoms with E-state index in [9.17, 15) is 9.59 Å². The third-order valence-electron chi connectivity index (χ3n) is 5.15. The maximum atomic E-state index is 12.6. The van der Waals surface area contributed by atoms with E-state index >= 15 is 0 Å². The highest BCUT2D eigenvalue weighted by atomic mass is 16.8. The molecule has 2 aliphatic rings. The SMILES string of the molecule is CNC(=O)[C@H]1O[C@@H](n2cnc3c(=O)[nH]c(-c4ccccn4)nc32)[C@@H]2OC(C)(C)O[C@@H]21. The van der Waals surface area contributed by atoms with Crippen LogP contribution in [0.25, 0.3) is 22.7 Å². The number of aromatic nitrogens is 5. The molecule has 3 aromatic rings. The van der Waals surface area contributed by atoms with Crippen LogP contribution in [0.3, 0.4) is 0 Å². The summed E-state index contributed by atoms with van der Waals surface area (Å²) in [4.78, 5) is 40.6. The molecule has 5 rings (SSSR count). The van der Waals surface area contributed by atoms with Crippen LogP contribution in [-0.2, 0) is 19.0 Å². The highest BCUT2D eigenvalue weighted by molar-refractivity contribution is 5.81. The molecule has 2 N–H and O–H groups in total. The van der Waals surface area contributed by atoms with Gasteiger partial charge in [0.25, 0.3) is 11.5 Å². The van der Waals surface area contributed by atoms with Crippen LogP contribution in [0.5, 0.6) is 0 Å². The number of aromatic amines is 1. The molecule has 0 aromatic carbocycles. The van der Waals surface area contributed by atoms with Crippen LogP contribution in [0.15, 0.2) is 35.5 Å². The second-order valence-corrected chi connectivity index (χ2v) is 7.58. The van der Waals surface area contributed by atoms with Gasteiger partial charge in [0, 0.05) is 13.2 Å². The number of amides is 1. The van der Waals surface area contributed by atoms with Crippen LogP contribution in [-0.4, -0.2) is 61.6 Å². The molecule has 156 valence electrons. The molecule has 0 radical (unpaired) electrons. The van der Waals surface area contributed by atoms with Gasteiger partial charge >= 0.3 is 0 Å². The molecule has 2 aliphatic heterocycles. The Labute approximate surface area is 170 Å². The van der Waals surface area contributed by atoms with Gasteiger partial charge in [0.05, 0.1) is 6.33 Å². The Bertz CT molecular complexity index is 1170. The van der Waals surface area contributed by atoms with Crippen molar-refractivity contribution in [2.24, 2.45) is 0 Å². The average Bonchev–Trinajstić information content (AvgIpc) is 3.38. The number of H-pyrrole nitrogens is 1. The Kier molecular flexibility index (Phi) is 4.20. The number of rotatable bonds is 3. The van der Waals surface area contributed by atoms with Crippen LogP contribution in [0.4, 0.5) is 0 Å². The van der Waals surface area contributed by atoms with E-state index < -0.39 is 35.9 Å². The summed E-state index contributed by atoms with van der Waals surface area (Å²) in [5.41, 5.74) is 0.561. The lowest BCUT2D eigenvalue weighted by molar-refractivity contribution is -0.197. The molecule has 0 unspecified atom stereocenters. The Morgan fingerprint density at radius 2 is 2.03 bits per heavy atom. The maximum absolute atomic E-state index is 12.6. The van der Waals surface area contributed by atoms with Crippen molar-refractivity contribution in [1.29, 1.82) is 0 Å². The van der Waals surface area contributed by atoms with Gasteiger partial charge < -0.3 is 24.5 Å². The summed E-state index contributed by atoms with van der Waals surface area (Å²) < 4.78 is 19.6. The van der Waals surface area contributed by atoms with E-state index in [0.29, 0.717) is 17.2 Å². The highest BCUT2D eigenvalue weighted by Gasteiger charge is 2.58. The molecular weight excluding hydrogens is 392 g/mol. The number of nitrogens with one attached hydrogen (secondary N) is 2. The first-order valence-corrected chi connectivity index (χ1v) is 9.49. The molecule has 1 amide bonds. The van der Waals surface area contributed by atoms with Crippen molar-refractivity contribution in [3.8, 4) is 11.5 Å². The predicted octanol–water partition coefficient (Wildman–Crippen LogP) is 0.345. The second kappa shape index (κ2) is 6.69. The zero-order valence-corrected chi connectivity index (χ0v) is 16.5. The van der Waals surface area contributed by atoms with Gasteiger partial charge in [-0.1, -0.05) is 6.07 Å². The molecule has 0 bridgehead atoms. The summed E-state index contributed by atoms with van der Waals surface area (Å²) in [5, 5.41) is 2.59. The fourth-order valence-electron chi connectivity index (χ4n) is 3.89. The topological polar surface area (TPSA) is 133 Å². The first-order valence-electron chi connectivity index (χ1n) is 9.49. The van der Waals surface area contributed by atoms with Crippen molar-refractivity contribution in [2.45, 2.75) is 44.2 Å². The van der Waals surface area contributed by atoms with E-state index in [0.717, 1.165) is 0 Å². The molecule has 0 aliphatic carbocycles. The first-order chi connectivity index (χ1) is 14.4. The van der Waals surface area contributed by atoms with Crippen molar-refractivity contribution in [3.05, 3.63) is 41.1 Å². The standard InChI is InChI=1S/C19H20N6O5/c1-19(2)29-11-12(17(27)20-3)28-18(13(11)30-19)25-8-22-10-15(25)23-14(24-16(10)26)9-6-4-5-7-21-9/h4-8,11-13,18H,1-3H3,(H,20,27)(H,23,24,26)/t11-,12+,13-,18-/m1/s1. The van der Waals surface area contributed by atoms with Gasteiger partial charge in [-0.3, -0.25) is 19.1 Å². The average molecular weight is 412 g/mol. The summed E-state index contributed by atoms with van der Waals surface area (Å²) in [6.07, 6.45) is 0.245. The van der Waals surface area contributed by atoms with Gasteiger partial charge in [-0.05, 0) is 26.0 Å². The summed E-state index contributed by atoms with van der Waals surface area (Å²) in [6, 6.07) is 5.31. The molecule has 30 heavy (non-hydrogen) atoms. The third-order valence-corrected chi connectivity index (χ3v) is 5.15. The molecular formula is C19H20N6O5. The summed E-state index contributed by atoms with van der Waals surface area (Å²) in [7, 11) is 1.53. The number of ether oxygens (including phenoxy) is 3. The van der Waals surface area contributed by atoms with Gasteiger partial charge in [-0.15, -0.1) is 0 Å². The Morgan fingerprint density at radius 1 is 1.23 bits per heavy atom. The number of fused-ring (bicyclic) bond motifs is 2. The predicted molar refractivity (Wildman–Crippen MR) is 103 cm³/mol. The molecule has 0 spiro atoms. The zero-order chi connectivity index (χ0) is 21.0. The van der Waals surface area contributed by atoms with Crippen LogP contribution in [0.1, 0.15) is 20.1 Å². The van der Waals surface area contributed by atoms with Gasteiger partial charge in [-0.2, -0.15) is 0 Å². The molecule has 2 fully saturated rings. The Balaban J connectivity index is 1.61. The normalized spacial score (nSPS) is 27.3. The molecule has 4 atom stereocenters. The lowest BCUT2D eigenvalue weighted by Crippen LogP contribution is -2.41. The minimum Gasteiger partial charge on any atom is -0.357 e. The summed E-state index contributed by atoms with van der Waals surface area (Å²) in [6.45, 7) is 3.55. The lowest BCUT2D eigenvalue weighted by atomic mass is 10.1. The van der Waals surface area contributed by atoms with Gasteiger partial charge in [0.2, 0.25) is 0 Å². The third kappa shape index (κ3) is 2.90. The molecule has 3 aromatic heterocycles. The monoisotopic (exact) mass is 412 g/mol. The number of imidazole rings is 1. The van der Waals surface area contributed by atoms with Crippen LogP contribution in [0.2, 0.25) is 0 Å². The molecule has 5 heterocycles. The minimum atomic E-state index is -0.885. The smallest absolute Gasteiger partial charge is 0.279 e. The van der Waals surface area contributed by atoms with Crippen molar-refractivity contribution in [2.75, 3.05) is 7.05 Å². The van der Waals surface area contributed by atoms with E-state index in [-0.39, 0.29) is 11.4 Å². The number of hydrogen-bond donors (Lipinski definition) is 2. The van der Waals surface area contributed by atoms with Crippen LogP contribution in [0, 0.1) is 0 Å². The van der Waals surface area contributed by atoms with Crippen molar-refractivity contribution < 1.29 is 19.0 Å².